The number of benzene rings is 1. The summed E-state index contributed by atoms with van der Waals surface area (Å²) in [5, 5.41) is 19.4. The molecular weight excluding hydrogens is 362 g/mol. The number of amides is 1. The third-order valence-corrected chi connectivity index (χ3v) is 5.76. The fourth-order valence-corrected chi connectivity index (χ4v) is 4.01. The first-order chi connectivity index (χ1) is 13.1. The van der Waals surface area contributed by atoms with Gasteiger partial charge in [0.2, 0.25) is 5.91 Å². The van der Waals surface area contributed by atoms with Gasteiger partial charge in [0, 0.05) is 49.9 Å². The van der Waals surface area contributed by atoms with E-state index < -0.39 is 0 Å². The Morgan fingerprint density at radius 2 is 2.07 bits per heavy atom. The van der Waals surface area contributed by atoms with Crippen molar-refractivity contribution in [1.29, 1.82) is 0 Å². The number of aromatic nitrogens is 5. The highest BCUT2D eigenvalue weighted by molar-refractivity contribution is 7.99. The highest BCUT2D eigenvalue weighted by Crippen LogP contribution is 2.30. The molecule has 27 heavy (non-hydrogen) atoms. The van der Waals surface area contributed by atoms with E-state index in [1.165, 1.54) is 11.8 Å². The number of carbonyl (C=O) groups is 1. The molecule has 0 aliphatic carbocycles. The first-order valence-corrected chi connectivity index (χ1v) is 9.54. The van der Waals surface area contributed by atoms with Crippen LogP contribution in [0.3, 0.4) is 0 Å². The van der Waals surface area contributed by atoms with Crippen LogP contribution in [0.4, 0.5) is 5.69 Å². The topological polar surface area (TPSA) is 89.7 Å². The SMILES string of the molecule is Cn1cc([C@H]2CNC[C@@H]2C(=O)Nc2ccc(Sc3nncn3C)cc2)cn1. The molecule has 1 amide bonds. The molecule has 0 spiro atoms. The minimum absolute atomic E-state index is 0.0301. The molecule has 3 aromatic rings. The molecule has 1 aliphatic rings. The summed E-state index contributed by atoms with van der Waals surface area (Å²) in [6.07, 6.45) is 5.50. The molecule has 0 saturated carbocycles. The Hall–Kier alpha value is -2.65. The van der Waals surface area contributed by atoms with Crippen LogP contribution in [0.25, 0.3) is 0 Å². The van der Waals surface area contributed by atoms with Crippen LogP contribution in [0, 0.1) is 5.92 Å². The van der Waals surface area contributed by atoms with Gasteiger partial charge in [-0.1, -0.05) is 0 Å². The molecule has 1 aliphatic heterocycles. The van der Waals surface area contributed by atoms with Crippen LogP contribution < -0.4 is 10.6 Å². The molecular formula is C18H21N7OS. The van der Waals surface area contributed by atoms with Gasteiger partial charge in [-0.25, -0.2) is 0 Å². The molecule has 1 aromatic carbocycles. The number of aryl methyl sites for hydroxylation is 2. The van der Waals surface area contributed by atoms with Crippen LogP contribution in [0.15, 0.2) is 53.0 Å². The van der Waals surface area contributed by atoms with E-state index in [-0.39, 0.29) is 17.7 Å². The number of carbonyl (C=O) groups excluding carboxylic acids is 1. The molecule has 2 atom stereocenters. The second kappa shape index (κ2) is 7.53. The predicted octanol–water partition coefficient (Wildman–Crippen LogP) is 1.64. The smallest absolute Gasteiger partial charge is 0.229 e. The zero-order valence-electron chi connectivity index (χ0n) is 15.2. The highest BCUT2D eigenvalue weighted by atomic mass is 32.2. The van der Waals surface area contributed by atoms with Crippen molar-refractivity contribution in [3.05, 3.63) is 48.5 Å². The van der Waals surface area contributed by atoms with Crippen LogP contribution in [-0.2, 0) is 18.9 Å². The fourth-order valence-electron chi connectivity index (χ4n) is 3.25. The lowest BCUT2D eigenvalue weighted by molar-refractivity contribution is -0.119. The third kappa shape index (κ3) is 3.88. The summed E-state index contributed by atoms with van der Waals surface area (Å²) >= 11 is 1.53. The van der Waals surface area contributed by atoms with Gasteiger partial charge < -0.3 is 15.2 Å². The predicted molar refractivity (Wildman–Crippen MR) is 103 cm³/mol. The van der Waals surface area contributed by atoms with Crippen molar-refractivity contribution in [2.45, 2.75) is 16.0 Å². The van der Waals surface area contributed by atoms with E-state index in [9.17, 15) is 4.79 Å². The van der Waals surface area contributed by atoms with Crippen LogP contribution in [0.5, 0.6) is 0 Å². The third-order valence-electron chi connectivity index (χ3n) is 4.70. The Morgan fingerprint density at radius 1 is 1.26 bits per heavy atom. The van der Waals surface area contributed by atoms with Crippen molar-refractivity contribution >= 4 is 23.4 Å². The van der Waals surface area contributed by atoms with Gasteiger partial charge in [0.05, 0.1) is 12.1 Å². The summed E-state index contributed by atoms with van der Waals surface area (Å²) in [5.41, 5.74) is 1.89. The van der Waals surface area contributed by atoms with Gasteiger partial charge >= 0.3 is 0 Å². The van der Waals surface area contributed by atoms with Crippen molar-refractivity contribution in [3.63, 3.8) is 0 Å². The fraction of sp³-hybridized carbons (Fsp3) is 0.333. The molecule has 4 rings (SSSR count). The lowest BCUT2D eigenvalue weighted by Gasteiger charge is -2.17. The molecule has 140 valence electrons. The number of rotatable bonds is 5. The average molecular weight is 383 g/mol. The minimum Gasteiger partial charge on any atom is -0.326 e. The van der Waals surface area contributed by atoms with Crippen molar-refractivity contribution in [1.82, 2.24) is 29.9 Å². The van der Waals surface area contributed by atoms with E-state index in [0.717, 1.165) is 27.8 Å². The number of hydrogen-bond acceptors (Lipinski definition) is 6. The normalized spacial score (nSPS) is 19.3. The molecule has 0 radical (unpaired) electrons. The van der Waals surface area contributed by atoms with Gasteiger partial charge in [-0.2, -0.15) is 5.10 Å². The van der Waals surface area contributed by atoms with Crippen molar-refractivity contribution < 1.29 is 4.79 Å². The molecule has 3 heterocycles. The molecule has 1 fully saturated rings. The van der Waals surface area contributed by atoms with Crippen LogP contribution >= 0.6 is 11.8 Å². The number of hydrogen-bond donors (Lipinski definition) is 2. The second-order valence-electron chi connectivity index (χ2n) is 6.66. The molecule has 0 unspecified atom stereocenters. The zero-order valence-corrected chi connectivity index (χ0v) is 16.0. The monoisotopic (exact) mass is 383 g/mol. The van der Waals surface area contributed by atoms with Gasteiger partial charge in [-0.05, 0) is 41.6 Å². The minimum atomic E-state index is -0.109. The van der Waals surface area contributed by atoms with Crippen molar-refractivity contribution in [3.8, 4) is 0 Å². The number of nitrogens with zero attached hydrogens (tertiary/aromatic N) is 5. The molecule has 9 heteroatoms. The molecule has 1 saturated heterocycles. The highest BCUT2D eigenvalue weighted by Gasteiger charge is 2.34. The average Bonchev–Trinajstić information content (AvgIpc) is 3.38. The van der Waals surface area contributed by atoms with E-state index in [1.807, 2.05) is 55.3 Å². The van der Waals surface area contributed by atoms with Crippen LogP contribution in [-0.4, -0.2) is 43.5 Å². The Balaban J connectivity index is 1.41. The summed E-state index contributed by atoms with van der Waals surface area (Å²) in [5.74, 6) is 0.0638. The quantitative estimate of drug-likeness (QED) is 0.696. The zero-order chi connectivity index (χ0) is 18.8. The number of nitrogens with one attached hydrogen (secondary N) is 2. The van der Waals surface area contributed by atoms with Crippen molar-refractivity contribution in [2.75, 3.05) is 18.4 Å². The van der Waals surface area contributed by atoms with E-state index >= 15 is 0 Å². The molecule has 8 nitrogen and oxygen atoms in total. The van der Waals surface area contributed by atoms with Crippen molar-refractivity contribution in [2.24, 2.45) is 20.0 Å². The first kappa shape index (κ1) is 17.7. The van der Waals surface area contributed by atoms with Gasteiger partial charge in [0.25, 0.3) is 0 Å². The summed E-state index contributed by atoms with van der Waals surface area (Å²) < 4.78 is 3.64. The summed E-state index contributed by atoms with van der Waals surface area (Å²) in [6.45, 7) is 1.46. The summed E-state index contributed by atoms with van der Waals surface area (Å²) in [4.78, 5) is 13.8. The van der Waals surface area contributed by atoms with Gasteiger partial charge in [0.1, 0.15) is 6.33 Å². The Morgan fingerprint density at radius 3 is 2.74 bits per heavy atom. The van der Waals surface area contributed by atoms with E-state index in [2.05, 4.69) is 25.9 Å². The number of anilines is 1. The van der Waals surface area contributed by atoms with Crippen LogP contribution in [0.2, 0.25) is 0 Å². The van der Waals surface area contributed by atoms with Crippen LogP contribution in [0.1, 0.15) is 11.5 Å². The maximum Gasteiger partial charge on any atom is 0.229 e. The largest absolute Gasteiger partial charge is 0.326 e. The summed E-state index contributed by atoms with van der Waals surface area (Å²) in [6, 6.07) is 7.77. The van der Waals surface area contributed by atoms with Gasteiger partial charge in [-0.3, -0.25) is 9.48 Å². The maximum absolute atomic E-state index is 12.8. The van der Waals surface area contributed by atoms with Gasteiger partial charge in [-0.15, -0.1) is 10.2 Å². The lowest BCUT2D eigenvalue weighted by Crippen LogP contribution is -2.28. The Labute approximate surface area is 161 Å². The second-order valence-corrected chi connectivity index (χ2v) is 7.70. The standard InChI is InChI=1S/C18H21N7OS/c1-24-11-20-23-18(24)27-14-5-3-13(4-6-14)22-17(26)16-9-19-8-15(16)12-7-21-25(2)10-12/h3-7,10-11,15-16,19H,8-9H2,1-2H3,(H,22,26)/t15-,16+/m1/s1. The molecule has 0 bridgehead atoms. The Bertz CT molecular complexity index is 933. The first-order valence-electron chi connectivity index (χ1n) is 8.72. The Kier molecular flexibility index (Phi) is 4.95. The lowest BCUT2D eigenvalue weighted by atomic mass is 9.90. The van der Waals surface area contributed by atoms with Gasteiger partial charge in [0.15, 0.2) is 5.16 Å². The summed E-state index contributed by atoms with van der Waals surface area (Å²) in [7, 11) is 3.80. The maximum atomic E-state index is 12.8. The molecule has 2 N–H and O–H groups in total. The van der Waals surface area contributed by atoms with E-state index in [0.29, 0.717) is 6.54 Å². The van der Waals surface area contributed by atoms with E-state index in [1.54, 1.807) is 11.0 Å². The van der Waals surface area contributed by atoms with E-state index in [4.69, 9.17) is 0 Å². The molecule has 2 aromatic heterocycles.